The van der Waals surface area contributed by atoms with Crippen molar-refractivity contribution in [3.8, 4) is 11.1 Å². The third kappa shape index (κ3) is 2.18. The summed E-state index contributed by atoms with van der Waals surface area (Å²) in [6, 6.07) is 17.2. The van der Waals surface area contributed by atoms with Crippen LogP contribution in [0.2, 0.25) is 0 Å². The van der Waals surface area contributed by atoms with Gasteiger partial charge in [0.15, 0.2) is 5.78 Å². The van der Waals surface area contributed by atoms with Crippen LogP contribution in [0.1, 0.15) is 10.4 Å². The summed E-state index contributed by atoms with van der Waals surface area (Å²) < 4.78 is 0. The van der Waals surface area contributed by atoms with Crippen LogP contribution in [0.3, 0.4) is 0 Å². The Labute approximate surface area is 94.2 Å². The SMILES string of the molecule is O=C(CO)c1ccc(-c2ccccc2)cc1. The largest absolute Gasteiger partial charge is 0.388 e. The minimum absolute atomic E-state index is 0.250. The summed E-state index contributed by atoms with van der Waals surface area (Å²) >= 11 is 0. The number of carbonyl (C=O) groups is 1. The molecule has 2 nitrogen and oxygen atoms in total. The summed E-state index contributed by atoms with van der Waals surface area (Å²) in [5, 5.41) is 8.73. The maximum absolute atomic E-state index is 11.2. The third-order valence-corrected chi connectivity index (χ3v) is 2.46. The van der Waals surface area contributed by atoms with E-state index in [1.54, 1.807) is 12.1 Å². The molecule has 80 valence electrons. The average Bonchev–Trinajstić information content (AvgIpc) is 2.39. The van der Waals surface area contributed by atoms with Crippen LogP contribution < -0.4 is 0 Å². The zero-order chi connectivity index (χ0) is 11.4. The number of hydrogen-bond acceptors (Lipinski definition) is 2. The van der Waals surface area contributed by atoms with Crippen molar-refractivity contribution in [3.05, 3.63) is 60.2 Å². The predicted molar refractivity (Wildman–Crippen MR) is 63.3 cm³/mol. The Balaban J connectivity index is 2.30. The van der Waals surface area contributed by atoms with Crippen molar-refractivity contribution in [2.24, 2.45) is 0 Å². The van der Waals surface area contributed by atoms with Gasteiger partial charge in [-0.2, -0.15) is 0 Å². The lowest BCUT2D eigenvalue weighted by Crippen LogP contribution is -2.03. The standard InChI is InChI=1S/C14H12O2/c15-10-14(16)13-8-6-12(7-9-13)11-4-2-1-3-5-11/h1-9,15H,10H2. The van der Waals surface area contributed by atoms with E-state index in [1.807, 2.05) is 42.5 Å². The maximum Gasteiger partial charge on any atom is 0.188 e. The Kier molecular flexibility index (Phi) is 3.13. The average molecular weight is 212 g/mol. The van der Waals surface area contributed by atoms with E-state index >= 15 is 0 Å². The van der Waals surface area contributed by atoms with Crippen LogP contribution in [-0.2, 0) is 0 Å². The van der Waals surface area contributed by atoms with E-state index in [1.165, 1.54) is 0 Å². The topological polar surface area (TPSA) is 37.3 Å². The molecule has 0 heterocycles. The molecule has 0 spiro atoms. The molecule has 0 saturated carbocycles. The molecule has 0 amide bonds. The van der Waals surface area contributed by atoms with Crippen LogP contribution in [0.25, 0.3) is 11.1 Å². The molecule has 0 aliphatic heterocycles. The first-order chi connectivity index (χ1) is 7.81. The molecular formula is C14H12O2. The highest BCUT2D eigenvalue weighted by atomic mass is 16.3. The van der Waals surface area contributed by atoms with E-state index in [2.05, 4.69) is 0 Å². The van der Waals surface area contributed by atoms with Gasteiger partial charge in [-0.15, -0.1) is 0 Å². The van der Waals surface area contributed by atoms with Crippen molar-refractivity contribution in [2.45, 2.75) is 0 Å². The second-order valence-corrected chi connectivity index (χ2v) is 3.52. The van der Waals surface area contributed by atoms with Crippen LogP contribution >= 0.6 is 0 Å². The monoisotopic (exact) mass is 212 g/mol. The van der Waals surface area contributed by atoms with Gasteiger partial charge in [0.05, 0.1) is 0 Å². The molecule has 0 unspecified atom stereocenters. The number of hydrogen-bond donors (Lipinski definition) is 1. The highest BCUT2D eigenvalue weighted by Crippen LogP contribution is 2.19. The number of carbonyl (C=O) groups excluding carboxylic acids is 1. The summed E-state index contributed by atoms with van der Waals surface area (Å²) in [5.41, 5.74) is 2.72. The van der Waals surface area contributed by atoms with Crippen molar-refractivity contribution in [1.29, 1.82) is 0 Å². The molecule has 0 atom stereocenters. The molecule has 0 fully saturated rings. The van der Waals surface area contributed by atoms with Crippen molar-refractivity contribution < 1.29 is 9.90 Å². The molecule has 0 aromatic heterocycles. The quantitative estimate of drug-likeness (QED) is 0.794. The molecule has 16 heavy (non-hydrogen) atoms. The van der Waals surface area contributed by atoms with Crippen LogP contribution in [0, 0.1) is 0 Å². The Morgan fingerprint density at radius 3 is 2.00 bits per heavy atom. The third-order valence-electron chi connectivity index (χ3n) is 2.46. The lowest BCUT2D eigenvalue weighted by Gasteiger charge is -2.02. The van der Waals surface area contributed by atoms with Gasteiger partial charge in [0.1, 0.15) is 6.61 Å². The lowest BCUT2D eigenvalue weighted by molar-refractivity contribution is 0.0904. The van der Waals surface area contributed by atoms with Crippen LogP contribution in [0.4, 0.5) is 0 Å². The molecule has 2 rings (SSSR count). The predicted octanol–water partition coefficient (Wildman–Crippen LogP) is 2.53. The zero-order valence-electron chi connectivity index (χ0n) is 8.76. The van der Waals surface area contributed by atoms with Crippen molar-refractivity contribution in [2.75, 3.05) is 6.61 Å². The van der Waals surface area contributed by atoms with Gasteiger partial charge in [-0.05, 0) is 11.1 Å². The molecule has 0 aliphatic carbocycles. The minimum atomic E-state index is -0.440. The van der Waals surface area contributed by atoms with Gasteiger partial charge in [-0.25, -0.2) is 0 Å². The fourth-order valence-corrected chi connectivity index (χ4v) is 1.57. The van der Waals surface area contributed by atoms with E-state index in [4.69, 9.17) is 5.11 Å². The molecule has 0 bridgehead atoms. The summed E-state index contributed by atoms with van der Waals surface area (Å²) in [7, 11) is 0. The molecule has 1 N–H and O–H groups in total. The number of benzene rings is 2. The summed E-state index contributed by atoms with van der Waals surface area (Å²) in [6.45, 7) is -0.440. The molecular weight excluding hydrogens is 200 g/mol. The van der Waals surface area contributed by atoms with E-state index in [0.717, 1.165) is 11.1 Å². The second-order valence-electron chi connectivity index (χ2n) is 3.52. The number of rotatable bonds is 3. The van der Waals surface area contributed by atoms with Crippen molar-refractivity contribution in [1.82, 2.24) is 0 Å². The van der Waals surface area contributed by atoms with Crippen LogP contribution in [0.5, 0.6) is 0 Å². The fraction of sp³-hybridized carbons (Fsp3) is 0.0714. The molecule has 2 aromatic rings. The zero-order valence-corrected chi connectivity index (χ0v) is 8.76. The normalized spacial score (nSPS) is 10.1. The number of aliphatic hydroxyl groups excluding tert-OH is 1. The Morgan fingerprint density at radius 1 is 0.875 bits per heavy atom. The first-order valence-corrected chi connectivity index (χ1v) is 5.11. The first-order valence-electron chi connectivity index (χ1n) is 5.11. The number of ketones is 1. The lowest BCUT2D eigenvalue weighted by atomic mass is 10.0. The van der Waals surface area contributed by atoms with Gasteiger partial charge >= 0.3 is 0 Å². The van der Waals surface area contributed by atoms with Gasteiger partial charge in [0, 0.05) is 5.56 Å². The Bertz CT molecular complexity index is 472. The molecule has 0 saturated heterocycles. The fourth-order valence-electron chi connectivity index (χ4n) is 1.57. The van der Waals surface area contributed by atoms with E-state index < -0.39 is 6.61 Å². The Hall–Kier alpha value is -1.93. The summed E-state index contributed by atoms with van der Waals surface area (Å²) in [5.74, 6) is -0.250. The number of Topliss-reactive ketones (excluding diaryl/α,β-unsaturated/α-hetero) is 1. The highest BCUT2D eigenvalue weighted by Gasteiger charge is 2.03. The minimum Gasteiger partial charge on any atom is -0.388 e. The van der Waals surface area contributed by atoms with Gasteiger partial charge in [0.2, 0.25) is 0 Å². The summed E-state index contributed by atoms with van der Waals surface area (Å²) in [4.78, 5) is 11.2. The van der Waals surface area contributed by atoms with Gasteiger partial charge in [0.25, 0.3) is 0 Å². The maximum atomic E-state index is 11.2. The summed E-state index contributed by atoms with van der Waals surface area (Å²) in [6.07, 6.45) is 0. The van der Waals surface area contributed by atoms with Crippen molar-refractivity contribution >= 4 is 5.78 Å². The van der Waals surface area contributed by atoms with Gasteiger partial charge < -0.3 is 5.11 Å². The van der Waals surface area contributed by atoms with E-state index in [0.29, 0.717) is 5.56 Å². The van der Waals surface area contributed by atoms with Crippen LogP contribution in [0.15, 0.2) is 54.6 Å². The van der Waals surface area contributed by atoms with E-state index in [-0.39, 0.29) is 5.78 Å². The highest BCUT2D eigenvalue weighted by molar-refractivity contribution is 5.97. The van der Waals surface area contributed by atoms with Gasteiger partial charge in [-0.1, -0.05) is 54.6 Å². The molecule has 0 radical (unpaired) electrons. The van der Waals surface area contributed by atoms with Crippen LogP contribution in [-0.4, -0.2) is 17.5 Å². The number of aliphatic hydroxyl groups is 1. The van der Waals surface area contributed by atoms with Crippen molar-refractivity contribution in [3.63, 3.8) is 0 Å². The van der Waals surface area contributed by atoms with Gasteiger partial charge in [-0.3, -0.25) is 4.79 Å². The first kappa shape index (κ1) is 10.6. The smallest absolute Gasteiger partial charge is 0.188 e. The van der Waals surface area contributed by atoms with E-state index in [9.17, 15) is 4.79 Å². The molecule has 2 aromatic carbocycles. The molecule has 2 heteroatoms. The molecule has 0 aliphatic rings. The second kappa shape index (κ2) is 4.73. The Morgan fingerprint density at radius 2 is 1.44 bits per heavy atom.